The van der Waals surface area contributed by atoms with Gasteiger partial charge in [-0.15, -0.1) is 0 Å². The lowest BCUT2D eigenvalue weighted by molar-refractivity contribution is 0.0555. The molecule has 0 bridgehead atoms. The highest BCUT2D eigenvalue weighted by atomic mass is 32.2. The molecule has 0 heterocycles. The summed E-state index contributed by atoms with van der Waals surface area (Å²) in [7, 11) is -3.66. The SMILES string of the molecule is CCCN(CC(F)F)C(=O)c1ccc(S(=O)(=O)NC(C)CC)cc1. The molecule has 8 heteroatoms. The molecule has 0 aromatic heterocycles. The van der Waals surface area contributed by atoms with E-state index in [2.05, 4.69) is 4.72 Å². The summed E-state index contributed by atoms with van der Waals surface area (Å²) in [6, 6.07) is 5.11. The largest absolute Gasteiger partial charge is 0.333 e. The molecule has 0 radical (unpaired) electrons. The maximum absolute atomic E-state index is 12.6. The van der Waals surface area contributed by atoms with Crippen LogP contribution >= 0.6 is 0 Å². The van der Waals surface area contributed by atoms with Crippen LogP contribution in [0, 0.1) is 0 Å². The molecule has 24 heavy (non-hydrogen) atoms. The second-order valence-corrected chi connectivity index (χ2v) is 7.31. The summed E-state index contributed by atoms with van der Waals surface area (Å²) in [4.78, 5) is 13.4. The molecule has 0 fully saturated rings. The summed E-state index contributed by atoms with van der Waals surface area (Å²) in [5.41, 5.74) is 0.187. The van der Waals surface area contributed by atoms with Crippen LogP contribution in [-0.4, -0.2) is 44.8 Å². The zero-order valence-electron chi connectivity index (χ0n) is 14.1. The number of hydrogen-bond acceptors (Lipinski definition) is 3. The van der Waals surface area contributed by atoms with Gasteiger partial charge in [0.15, 0.2) is 0 Å². The molecule has 0 aliphatic heterocycles. The molecule has 1 amide bonds. The van der Waals surface area contributed by atoms with Gasteiger partial charge in [0.1, 0.15) is 0 Å². The van der Waals surface area contributed by atoms with Crippen LogP contribution in [-0.2, 0) is 10.0 Å². The van der Waals surface area contributed by atoms with Crippen LogP contribution in [0.2, 0.25) is 0 Å². The Labute approximate surface area is 142 Å². The van der Waals surface area contributed by atoms with E-state index in [1.54, 1.807) is 13.8 Å². The van der Waals surface area contributed by atoms with Crippen LogP contribution in [0.25, 0.3) is 0 Å². The van der Waals surface area contributed by atoms with Crippen molar-refractivity contribution in [1.29, 1.82) is 0 Å². The number of nitrogens with zero attached hydrogens (tertiary/aromatic N) is 1. The Bertz CT molecular complexity index is 633. The first-order valence-corrected chi connectivity index (χ1v) is 9.39. The Morgan fingerprint density at radius 1 is 1.21 bits per heavy atom. The molecule has 1 unspecified atom stereocenters. The maximum Gasteiger partial charge on any atom is 0.255 e. The predicted octanol–water partition coefficient (Wildman–Crippen LogP) is 2.88. The summed E-state index contributed by atoms with van der Waals surface area (Å²) < 4.78 is 52.0. The van der Waals surface area contributed by atoms with Gasteiger partial charge in [0.05, 0.1) is 11.4 Å². The van der Waals surface area contributed by atoms with Gasteiger partial charge in [0.2, 0.25) is 10.0 Å². The number of carbonyl (C=O) groups is 1. The average molecular weight is 362 g/mol. The van der Waals surface area contributed by atoms with Crippen LogP contribution in [0.5, 0.6) is 0 Å². The highest BCUT2D eigenvalue weighted by molar-refractivity contribution is 7.89. The number of carbonyl (C=O) groups excluding carboxylic acids is 1. The second-order valence-electron chi connectivity index (χ2n) is 5.60. The topological polar surface area (TPSA) is 66.5 Å². The highest BCUT2D eigenvalue weighted by Crippen LogP contribution is 2.14. The van der Waals surface area contributed by atoms with Crippen molar-refractivity contribution in [1.82, 2.24) is 9.62 Å². The van der Waals surface area contributed by atoms with E-state index in [0.29, 0.717) is 12.8 Å². The van der Waals surface area contributed by atoms with Crippen molar-refractivity contribution >= 4 is 15.9 Å². The van der Waals surface area contributed by atoms with Gasteiger partial charge >= 0.3 is 0 Å². The summed E-state index contributed by atoms with van der Waals surface area (Å²) in [6.07, 6.45) is -1.40. The quantitative estimate of drug-likeness (QED) is 0.734. The van der Waals surface area contributed by atoms with E-state index in [1.165, 1.54) is 24.3 Å². The van der Waals surface area contributed by atoms with Crippen LogP contribution < -0.4 is 4.72 Å². The second kappa shape index (κ2) is 9.08. The molecule has 0 aliphatic carbocycles. The molecule has 5 nitrogen and oxygen atoms in total. The Morgan fingerprint density at radius 3 is 2.25 bits per heavy atom. The zero-order chi connectivity index (χ0) is 18.3. The van der Waals surface area contributed by atoms with Crippen molar-refractivity contribution in [3.05, 3.63) is 29.8 Å². The molecule has 1 N–H and O–H groups in total. The van der Waals surface area contributed by atoms with Gasteiger partial charge in [-0.1, -0.05) is 13.8 Å². The molecular formula is C16H24F2N2O3S. The van der Waals surface area contributed by atoms with Crippen molar-refractivity contribution in [2.75, 3.05) is 13.1 Å². The Morgan fingerprint density at radius 2 is 1.79 bits per heavy atom. The fourth-order valence-electron chi connectivity index (χ4n) is 2.09. The number of nitrogens with one attached hydrogen (secondary N) is 1. The molecule has 136 valence electrons. The number of sulfonamides is 1. The van der Waals surface area contributed by atoms with E-state index < -0.39 is 28.9 Å². The van der Waals surface area contributed by atoms with Gasteiger partial charge in [0.25, 0.3) is 12.3 Å². The van der Waals surface area contributed by atoms with Gasteiger partial charge in [-0.3, -0.25) is 4.79 Å². The Balaban J connectivity index is 2.95. The number of hydrogen-bond donors (Lipinski definition) is 1. The third kappa shape index (κ3) is 5.83. The van der Waals surface area contributed by atoms with Gasteiger partial charge in [-0.25, -0.2) is 21.9 Å². The summed E-state index contributed by atoms with van der Waals surface area (Å²) >= 11 is 0. The first-order valence-electron chi connectivity index (χ1n) is 7.91. The van der Waals surface area contributed by atoms with E-state index in [9.17, 15) is 22.0 Å². The molecule has 1 atom stereocenters. The molecule has 1 aromatic rings. The number of alkyl halides is 2. The predicted molar refractivity (Wildman–Crippen MR) is 88.7 cm³/mol. The molecule has 0 saturated carbocycles. The smallest absolute Gasteiger partial charge is 0.255 e. The lowest BCUT2D eigenvalue weighted by Gasteiger charge is -2.21. The first-order chi connectivity index (χ1) is 11.2. The fourth-order valence-corrected chi connectivity index (χ4v) is 3.41. The highest BCUT2D eigenvalue weighted by Gasteiger charge is 2.21. The molecule has 1 aromatic carbocycles. The monoisotopic (exact) mass is 362 g/mol. The Hall–Kier alpha value is -1.54. The van der Waals surface area contributed by atoms with Crippen molar-refractivity contribution in [2.24, 2.45) is 0 Å². The average Bonchev–Trinajstić information content (AvgIpc) is 2.53. The normalized spacial score (nSPS) is 13.1. The standard InChI is InChI=1S/C16H24F2N2O3S/c1-4-10-20(11-15(17)18)16(21)13-6-8-14(9-7-13)24(22,23)19-12(3)5-2/h6-9,12,15,19H,4-5,10-11H2,1-3H3. The van der Waals surface area contributed by atoms with Gasteiger partial charge < -0.3 is 4.90 Å². The summed E-state index contributed by atoms with van der Waals surface area (Å²) in [6.45, 7) is 4.99. The number of halogens is 2. The van der Waals surface area contributed by atoms with Crippen molar-refractivity contribution in [3.63, 3.8) is 0 Å². The molecule has 1 rings (SSSR count). The van der Waals surface area contributed by atoms with Crippen LogP contribution in [0.15, 0.2) is 29.2 Å². The van der Waals surface area contributed by atoms with E-state index in [0.717, 1.165) is 4.90 Å². The minimum atomic E-state index is -3.66. The zero-order valence-corrected chi connectivity index (χ0v) is 14.9. The minimum Gasteiger partial charge on any atom is -0.333 e. The van der Waals surface area contributed by atoms with E-state index in [-0.39, 0.29) is 23.0 Å². The molecule has 0 aliphatic rings. The number of benzene rings is 1. The Kier molecular flexibility index (Phi) is 7.75. The molecule has 0 spiro atoms. The van der Waals surface area contributed by atoms with E-state index in [4.69, 9.17) is 0 Å². The summed E-state index contributed by atoms with van der Waals surface area (Å²) in [5.74, 6) is -0.531. The van der Waals surface area contributed by atoms with Crippen molar-refractivity contribution in [2.45, 2.75) is 51.0 Å². The minimum absolute atomic E-state index is 0.0373. The van der Waals surface area contributed by atoms with Gasteiger partial charge in [-0.05, 0) is 44.0 Å². The third-order valence-corrected chi connectivity index (χ3v) is 5.12. The first kappa shape index (κ1) is 20.5. The molecule has 0 saturated heterocycles. The number of amides is 1. The fraction of sp³-hybridized carbons (Fsp3) is 0.562. The van der Waals surface area contributed by atoms with Crippen LogP contribution in [0.3, 0.4) is 0 Å². The van der Waals surface area contributed by atoms with E-state index in [1.807, 2.05) is 6.92 Å². The lowest BCUT2D eigenvalue weighted by atomic mass is 10.2. The van der Waals surface area contributed by atoms with Gasteiger partial charge in [0, 0.05) is 18.2 Å². The maximum atomic E-state index is 12.6. The van der Waals surface area contributed by atoms with Crippen LogP contribution in [0.4, 0.5) is 8.78 Å². The summed E-state index contributed by atoms with van der Waals surface area (Å²) in [5, 5.41) is 0. The van der Waals surface area contributed by atoms with Crippen LogP contribution in [0.1, 0.15) is 44.0 Å². The van der Waals surface area contributed by atoms with Gasteiger partial charge in [-0.2, -0.15) is 0 Å². The number of rotatable bonds is 9. The van der Waals surface area contributed by atoms with Crippen molar-refractivity contribution < 1.29 is 22.0 Å². The third-order valence-electron chi connectivity index (χ3n) is 3.52. The molecular weight excluding hydrogens is 338 g/mol. The van der Waals surface area contributed by atoms with E-state index >= 15 is 0 Å². The van der Waals surface area contributed by atoms with Crippen molar-refractivity contribution in [3.8, 4) is 0 Å². The lowest BCUT2D eigenvalue weighted by Crippen LogP contribution is -2.35.